The first-order valence-electron chi connectivity index (χ1n) is 8.01. The molecule has 114 valence electrons. The van der Waals surface area contributed by atoms with Crippen LogP contribution < -0.4 is 5.32 Å². The second-order valence-corrected chi connectivity index (χ2v) is 6.02. The van der Waals surface area contributed by atoms with Crippen molar-refractivity contribution >= 4 is 5.91 Å². The number of ether oxygens (including phenoxy) is 1. The summed E-state index contributed by atoms with van der Waals surface area (Å²) >= 11 is 0. The highest BCUT2D eigenvalue weighted by Crippen LogP contribution is 2.14. The molecule has 21 heavy (non-hydrogen) atoms. The zero-order chi connectivity index (χ0) is 14.5. The summed E-state index contributed by atoms with van der Waals surface area (Å²) in [7, 11) is 0. The largest absolute Gasteiger partial charge is 0.368 e. The fourth-order valence-electron chi connectivity index (χ4n) is 3.05. The van der Waals surface area contributed by atoms with Crippen LogP contribution in [0.4, 0.5) is 0 Å². The normalized spacial score (nSPS) is 22.6. The van der Waals surface area contributed by atoms with Crippen molar-refractivity contribution < 1.29 is 9.53 Å². The summed E-state index contributed by atoms with van der Waals surface area (Å²) in [5, 5.41) is 2.96. The molecule has 1 aromatic carbocycles. The minimum absolute atomic E-state index is 0.0219. The Balaban J connectivity index is 1.46. The van der Waals surface area contributed by atoms with E-state index in [0.717, 1.165) is 24.9 Å². The first kappa shape index (κ1) is 14.5. The van der Waals surface area contributed by atoms with Crippen LogP contribution in [0.1, 0.15) is 36.8 Å². The van der Waals surface area contributed by atoms with E-state index >= 15 is 0 Å². The maximum Gasteiger partial charge on any atom is 0.249 e. The lowest BCUT2D eigenvalue weighted by Gasteiger charge is -2.15. The van der Waals surface area contributed by atoms with Crippen molar-refractivity contribution in [3.63, 3.8) is 0 Å². The number of hydrogen-bond donors (Lipinski definition) is 1. The molecule has 2 saturated heterocycles. The topological polar surface area (TPSA) is 41.6 Å². The number of rotatable bonds is 5. The van der Waals surface area contributed by atoms with E-state index in [-0.39, 0.29) is 12.0 Å². The molecule has 0 saturated carbocycles. The van der Waals surface area contributed by atoms with Crippen LogP contribution in [0.3, 0.4) is 0 Å². The Morgan fingerprint density at radius 2 is 1.86 bits per heavy atom. The first-order chi connectivity index (χ1) is 10.3. The number of nitrogens with zero attached hydrogens (tertiary/aromatic N) is 1. The Labute approximate surface area is 126 Å². The number of hydrogen-bond acceptors (Lipinski definition) is 3. The van der Waals surface area contributed by atoms with Crippen molar-refractivity contribution in [3.05, 3.63) is 35.4 Å². The van der Waals surface area contributed by atoms with Crippen LogP contribution in [0.2, 0.25) is 0 Å². The molecule has 2 aliphatic rings. The van der Waals surface area contributed by atoms with Gasteiger partial charge in [0.2, 0.25) is 5.91 Å². The van der Waals surface area contributed by atoms with Crippen LogP contribution in [0.5, 0.6) is 0 Å². The van der Waals surface area contributed by atoms with Crippen LogP contribution >= 0.6 is 0 Å². The second-order valence-electron chi connectivity index (χ2n) is 6.02. The number of benzene rings is 1. The molecule has 1 atom stereocenters. The summed E-state index contributed by atoms with van der Waals surface area (Å²) in [4.78, 5) is 14.4. The molecule has 4 heteroatoms. The van der Waals surface area contributed by atoms with Gasteiger partial charge in [0.15, 0.2) is 0 Å². The molecule has 0 aromatic heterocycles. The quantitative estimate of drug-likeness (QED) is 0.902. The third-order valence-electron chi connectivity index (χ3n) is 4.32. The lowest BCUT2D eigenvalue weighted by atomic mass is 10.1. The monoisotopic (exact) mass is 288 g/mol. The van der Waals surface area contributed by atoms with Gasteiger partial charge in [0, 0.05) is 19.7 Å². The van der Waals surface area contributed by atoms with Crippen LogP contribution in [0.25, 0.3) is 0 Å². The molecule has 2 aliphatic heterocycles. The minimum Gasteiger partial charge on any atom is -0.368 e. The van der Waals surface area contributed by atoms with Gasteiger partial charge in [-0.25, -0.2) is 0 Å². The van der Waals surface area contributed by atoms with Crippen molar-refractivity contribution in [3.8, 4) is 0 Å². The molecule has 1 aromatic rings. The van der Waals surface area contributed by atoms with Crippen molar-refractivity contribution in [1.82, 2.24) is 10.2 Å². The number of carbonyl (C=O) groups excluding carboxylic acids is 1. The van der Waals surface area contributed by atoms with Gasteiger partial charge in [-0.3, -0.25) is 9.69 Å². The van der Waals surface area contributed by atoms with Crippen molar-refractivity contribution in [2.45, 2.75) is 44.9 Å². The maximum absolute atomic E-state index is 11.9. The van der Waals surface area contributed by atoms with E-state index in [0.29, 0.717) is 13.2 Å². The van der Waals surface area contributed by atoms with Gasteiger partial charge in [0.25, 0.3) is 0 Å². The molecule has 2 heterocycles. The SMILES string of the molecule is O=C(NCc1ccc(CN2CCCC2)cc1)[C@@H]1CCCO1. The molecule has 0 aliphatic carbocycles. The van der Waals surface area contributed by atoms with Gasteiger partial charge in [-0.1, -0.05) is 24.3 Å². The average Bonchev–Trinajstić information content (AvgIpc) is 3.19. The van der Waals surface area contributed by atoms with Crippen LogP contribution in [0.15, 0.2) is 24.3 Å². The van der Waals surface area contributed by atoms with Gasteiger partial charge >= 0.3 is 0 Å². The fraction of sp³-hybridized carbons (Fsp3) is 0.588. The zero-order valence-electron chi connectivity index (χ0n) is 12.5. The molecule has 1 amide bonds. The van der Waals surface area contributed by atoms with Crippen molar-refractivity contribution in [2.24, 2.45) is 0 Å². The van der Waals surface area contributed by atoms with Crippen LogP contribution in [-0.4, -0.2) is 36.6 Å². The van der Waals surface area contributed by atoms with Crippen LogP contribution in [0, 0.1) is 0 Å². The lowest BCUT2D eigenvalue weighted by molar-refractivity contribution is -0.130. The molecule has 0 spiro atoms. The van der Waals surface area contributed by atoms with Gasteiger partial charge in [-0.05, 0) is 49.9 Å². The maximum atomic E-state index is 11.9. The van der Waals surface area contributed by atoms with E-state index < -0.39 is 0 Å². The Kier molecular flexibility index (Phi) is 4.88. The second kappa shape index (κ2) is 7.05. The summed E-state index contributed by atoms with van der Waals surface area (Å²) < 4.78 is 5.38. The summed E-state index contributed by atoms with van der Waals surface area (Å²) in [6, 6.07) is 8.57. The zero-order valence-corrected chi connectivity index (χ0v) is 12.5. The summed E-state index contributed by atoms with van der Waals surface area (Å²) in [6.45, 7) is 4.78. The average molecular weight is 288 g/mol. The van der Waals surface area contributed by atoms with E-state index in [1.165, 1.54) is 31.5 Å². The molecular weight excluding hydrogens is 264 g/mol. The highest BCUT2D eigenvalue weighted by atomic mass is 16.5. The standard InChI is InChI=1S/C17H24N2O2/c20-17(16-4-3-11-21-16)18-12-14-5-7-15(8-6-14)13-19-9-1-2-10-19/h5-8,16H,1-4,9-13H2,(H,18,20)/t16-/m0/s1. The number of carbonyl (C=O) groups is 1. The minimum atomic E-state index is -0.237. The Morgan fingerprint density at radius 3 is 2.52 bits per heavy atom. The molecule has 0 bridgehead atoms. The van der Waals surface area contributed by atoms with Gasteiger partial charge in [0.05, 0.1) is 0 Å². The molecule has 4 nitrogen and oxygen atoms in total. The van der Waals surface area contributed by atoms with Crippen LogP contribution in [-0.2, 0) is 22.6 Å². The first-order valence-corrected chi connectivity index (χ1v) is 8.01. The number of likely N-dealkylation sites (tertiary alicyclic amines) is 1. The Hall–Kier alpha value is -1.39. The third kappa shape index (κ3) is 4.05. The van der Waals surface area contributed by atoms with E-state index in [1.807, 2.05) is 0 Å². The molecule has 2 fully saturated rings. The fourth-order valence-corrected chi connectivity index (χ4v) is 3.05. The number of amides is 1. The highest BCUT2D eigenvalue weighted by Gasteiger charge is 2.22. The van der Waals surface area contributed by atoms with Crippen molar-refractivity contribution in [2.75, 3.05) is 19.7 Å². The van der Waals surface area contributed by atoms with E-state index in [1.54, 1.807) is 0 Å². The third-order valence-corrected chi connectivity index (χ3v) is 4.32. The molecule has 0 radical (unpaired) electrons. The number of nitrogens with one attached hydrogen (secondary N) is 1. The Bertz CT molecular complexity index is 460. The summed E-state index contributed by atoms with van der Waals surface area (Å²) in [5.41, 5.74) is 2.50. The highest BCUT2D eigenvalue weighted by molar-refractivity contribution is 5.80. The molecule has 3 rings (SSSR count). The lowest BCUT2D eigenvalue weighted by Crippen LogP contribution is -2.33. The predicted octanol–water partition coefficient (Wildman–Crippen LogP) is 2.08. The smallest absolute Gasteiger partial charge is 0.249 e. The van der Waals surface area contributed by atoms with Crippen molar-refractivity contribution in [1.29, 1.82) is 0 Å². The van der Waals surface area contributed by atoms with E-state index in [9.17, 15) is 4.79 Å². The van der Waals surface area contributed by atoms with Gasteiger partial charge in [0.1, 0.15) is 6.10 Å². The van der Waals surface area contributed by atoms with Gasteiger partial charge in [-0.15, -0.1) is 0 Å². The van der Waals surface area contributed by atoms with E-state index in [4.69, 9.17) is 4.74 Å². The van der Waals surface area contributed by atoms with E-state index in [2.05, 4.69) is 34.5 Å². The van der Waals surface area contributed by atoms with Gasteiger partial charge < -0.3 is 10.1 Å². The molecular formula is C17H24N2O2. The predicted molar refractivity (Wildman–Crippen MR) is 81.8 cm³/mol. The van der Waals surface area contributed by atoms with Gasteiger partial charge in [-0.2, -0.15) is 0 Å². The summed E-state index contributed by atoms with van der Waals surface area (Å²) in [5.74, 6) is 0.0219. The molecule has 0 unspecified atom stereocenters. The molecule has 1 N–H and O–H groups in total. The summed E-state index contributed by atoms with van der Waals surface area (Å²) in [6.07, 6.45) is 4.25. The Morgan fingerprint density at radius 1 is 1.14 bits per heavy atom.